The van der Waals surface area contributed by atoms with Crippen molar-refractivity contribution in [3.63, 3.8) is 0 Å². The second-order valence-corrected chi connectivity index (χ2v) is 7.72. The predicted octanol–water partition coefficient (Wildman–Crippen LogP) is 2.99. The van der Waals surface area contributed by atoms with E-state index in [0.29, 0.717) is 34.0 Å². The lowest BCUT2D eigenvalue weighted by molar-refractivity contribution is 0.544. The van der Waals surface area contributed by atoms with Gasteiger partial charge in [-0.15, -0.1) is 0 Å². The van der Waals surface area contributed by atoms with E-state index in [1.165, 1.54) is 12.6 Å². The highest BCUT2D eigenvalue weighted by molar-refractivity contribution is 7.90. The molecule has 0 aliphatic heterocycles. The highest BCUT2D eigenvalue weighted by atomic mass is 32.2. The molecular formula is C17H14N4O3S. The van der Waals surface area contributed by atoms with Crippen molar-refractivity contribution in [2.45, 2.75) is 11.8 Å². The maximum absolute atomic E-state index is 11.9. The van der Waals surface area contributed by atoms with Crippen molar-refractivity contribution >= 4 is 21.0 Å². The number of nitrogens with one attached hydrogen (secondary N) is 1. The zero-order valence-electron chi connectivity index (χ0n) is 13.5. The van der Waals surface area contributed by atoms with Crippen molar-refractivity contribution in [3.8, 4) is 22.8 Å². The Morgan fingerprint density at radius 1 is 1.12 bits per heavy atom. The van der Waals surface area contributed by atoms with Crippen molar-refractivity contribution in [2.24, 2.45) is 0 Å². The lowest BCUT2D eigenvalue weighted by Gasteiger charge is -2.06. The number of hydrogen-bond acceptors (Lipinski definition) is 6. The molecule has 0 bridgehead atoms. The quantitative estimate of drug-likeness (QED) is 0.607. The first-order valence-corrected chi connectivity index (χ1v) is 9.39. The number of sulfone groups is 1. The highest BCUT2D eigenvalue weighted by Crippen LogP contribution is 2.29. The summed E-state index contributed by atoms with van der Waals surface area (Å²) in [4.78, 5) is 16.4. The number of aryl methyl sites for hydroxylation is 1. The first kappa shape index (κ1) is 15.5. The van der Waals surface area contributed by atoms with Crippen LogP contribution in [-0.2, 0) is 9.84 Å². The molecule has 0 saturated carbocycles. The fourth-order valence-electron chi connectivity index (χ4n) is 2.58. The van der Waals surface area contributed by atoms with Crippen LogP contribution in [0.4, 0.5) is 0 Å². The summed E-state index contributed by atoms with van der Waals surface area (Å²) in [7, 11) is -3.32. The maximum Gasteiger partial charge on any atom is 0.198 e. The number of H-pyrrole nitrogens is 1. The standard InChI is InChI=1S/C17H14N4O3S/c1-10-6-7-13(24-10)16-20-14(15-17(21-16)19-9-18-15)11-4-3-5-12(8-11)25(2,22)23/h3-9H,1-2H3,(H,18,19,20,21). The van der Waals surface area contributed by atoms with Gasteiger partial charge in [0.15, 0.2) is 27.1 Å². The van der Waals surface area contributed by atoms with E-state index in [1.54, 1.807) is 30.3 Å². The average molecular weight is 354 g/mol. The number of benzene rings is 1. The van der Waals surface area contributed by atoms with Gasteiger partial charge in [-0.1, -0.05) is 12.1 Å². The van der Waals surface area contributed by atoms with Gasteiger partial charge in [-0.3, -0.25) is 0 Å². The summed E-state index contributed by atoms with van der Waals surface area (Å²) in [6, 6.07) is 10.3. The minimum absolute atomic E-state index is 0.228. The van der Waals surface area contributed by atoms with E-state index < -0.39 is 9.84 Å². The van der Waals surface area contributed by atoms with Gasteiger partial charge in [0.25, 0.3) is 0 Å². The normalized spacial score (nSPS) is 11.9. The number of imidazole rings is 1. The van der Waals surface area contributed by atoms with Crippen LogP contribution in [0.2, 0.25) is 0 Å². The molecule has 0 spiro atoms. The van der Waals surface area contributed by atoms with E-state index >= 15 is 0 Å². The number of nitrogens with zero attached hydrogens (tertiary/aromatic N) is 3. The summed E-state index contributed by atoms with van der Waals surface area (Å²) in [6.45, 7) is 1.84. The van der Waals surface area contributed by atoms with E-state index in [1.807, 2.05) is 13.0 Å². The molecule has 1 aromatic carbocycles. The number of furan rings is 1. The molecule has 1 N–H and O–H groups in total. The Labute approximate surface area is 143 Å². The van der Waals surface area contributed by atoms with Crippen LogP contribution in [0.15, 0.2) is 52.0 Å². The van der Waals surface area contributed by atoms with Crippen LogP contribution in [0.3, 0.4) is 0 Å². The Kier molecular flexibility index (Phi) is 3.43. The highest BCUT2D eigenvalue weighted by Gasteiger charge is 2.16. The number of fused-ring (bicyclic) bond motifs is 1. The van der Waals surface area contributed by atoms with E-state index in [4.69, 9.17) is 4.42 Å². The molecule has 126 valence electrons. The lowest BCUT2D eigenvalue weighted by Crippen LogP contribution is -1.98. The number of aromatic amines is 1. The molecule has 3 heterocycles. The van der Waals surface area contributed by atoms with Crippen LogP contribution in [0.1, 0.15) is 5.76 Å². The Bertz CT molecular complexity index is 1190. The second-order valence-electron chi connectivity index (χ2n) is 5.71. The van der Waals surface area contributed by atoms with E-state index in [9.17, 15) is 8.42 Å². The second kappa shape index (κ2) is 5.52. The van der Waals surface area contributed by atoms with Gasteiger partial charge >= 0.3 is 0 Å². The Balaban J connectivity index is 1.97. The lowest BCUT2D eigenvalue weighted by atomic mass is 10.1. The van der Waals surface area contributed by atoms with Gasteiger partial charge in [-0.05, 0) is 31.2 Å². The largest absolute Gasteiger partial charge is 0.458 e. The Hall–Kier alpha value is -3.00. The minimum Gasteiger partial charge on any atom is -0.458 e. The molecule has 0 fully saturated rings. The third-order valence-electron chi connectivity index (χ3n) is 3.78. The van der Waals surface area contributed by atoms with E-state index in [2.05, 4.69) is 19.9 Å². The van der Waals surface area contributed by atoms with Gasteiger partial charge in [0.05, 0.1) is 11.2 Å². The molecule has 3 aromatic heterocycles. The molecule has 0 amide bonds. The maximum atomic E-state index is 11.9. The van der Waals surface area contributed by atoms with Crippen LogP contribution in [0, 0.1) is 6.92 Å². The van der Waals surface area contributed by atoms with Gasteiger partial charge < -0.3 is 9.40 Å². The first-order valence-electron chi connectivity index (χ1n) is 7.50. The molecule has 0 aliphatic carbocycles. The van der Waals surface area contributed by atoms with Crippen molar-refractivity contribution in [2.75, 3.05) is 6.26 Å². The molecule has 0 saturated heterocycles. The zero-order chi connectivity index (χ0) is 17.6. The van der Waals surface area contributed by atoms with Crippen LogP contribution in [-0.4, -0.2) is 34.6 Å². The van der Waals surface area contributed by atoms with Crippen LogP contribution >= 0.6 is 0 Å². The average Bonchev–Trinajstić information content (AvgIpc) is 3.21. The molecule has 0 atom stereocenters. The summed E-state index contributed by atoms with van der Waals surface area (Å²) >= 11 is 0. The third-order valence-corrected chi connectivity index (χ3v) is 4.89. The van der Waals surface area contributed by atoms with Crippen LogP contribution in [0.5, 0.6) is 0 Å². The van der Waals surface area contributed by atoms with Crippen molar-refractivity contribution in [1.29, 1.82) is 0 Å². The monoisotopic (exact) mass is 354 g/mol. The number of hydrogen-bond donors (Lipinski definition) is 1. The zero-order valence-corrected chi connectivity index (χ0v) is 14.3. The van der Waals surface area contributed by atoms with Gasteiger partial charge in [-0.2, -0.15) is 0 Å². The molecule has 7 nitrogen and oxygen atoms in total. The summed E-state index contributed by atoms with van der Waals surface area (Å²) in [5.41, 5.74) is 2.35. The molecule has 0 aliphatic rings. The summed E-state index contributed by atoms with van der Waals surface area (Å²) in [5, 5.41) is 0. The molecule has 0 radical (unpaired) electrons. The van der Waals surface area contributed by atoms with Crippen molar-refractivity contribution in [3.05, 3.63) is 48.5 Å². The van der Waals surface area contributed by atoms with Crippen LogP contribution in [0.25, 0.3) is 34.0 Å². The minimum atomic E-state index is -3.32. The van der Waals surface area contributed by atoms with E-state index in [-0.39, 0.29) is 4.90 Å². The fourth-order valence-corrected chi connectivity index (χ4v) is 3.25. The summed E-state index contributed by atoms with van der Waals surface area (Å²) in [6.07, 6.45) is 2.70. The SMILES string of the molecule is Cc1ccc(-c2nc(-c3cccc(S(C)(=O)=O)c3)c3[nH]cnc3n2)o1. The number of rotatable bonds is 3. The molecular weight excluding hydrogens is 340 g/mol. The molecule has 4 rings (SSSR count). The van der Waals surface area contributed by atoms with Gasteiger partial charge in [0.1, 0.15) is 17.0 Å². The predicted molar refractivity (Wildman–Crippen MR) is 92.7 cm³/mol. The Morgan fingerprint density at radius 3 is 2.68 bits per heavy atom. The van der Waals surface area contributed by atoms with Crippen LogP contribution < -0.4 is 0 Å². The smallest absolute Gasteiger partial charge is 0.198 e. The Morgan fingerprint density at radius 2 is 1.96 bits per heavy atom. The molecule has 25 heavy (non-hydrogen) atoms. The van der Waals surface area contributed by atoms with Crippen molar-refractivity contribution in [1.82, 2.24) is 19.9 Å². The third kappa shape index (κ3) is 2.80. The van der Waals surface area contributed by atoms with E-state index in [0.717, 1.165) is 5.76 Å². The molecule has 8 heteroatoms. The fraction of sp³-hybridized carbons (Fsp3) is 0.118. The van der Waals surface area contributed by atoms with Gasteiger partial charge in [-0.25, -0.2) is 23.4 Å². The number of aromatic nitrogens is 4. The summed E-state index contributed by atoms with van der Waals surface area (Å²) < 4.78 is 29.3. The first-order chi connectivity index (χ1) is 11.9. The van der Waals surface area contributed by atoms with Gasteiger partial charge in [0.2, 0.25) is 0 Å². The topological polar surface area (TPSA) is 102 Å². The summed E-state index contributed by atoms with van der Waals surface area (Å²) in [5.74, 6) is 1.68. The molecule has 4 aromatic rings. The molecule has 0 unspecified atom stereocenters. The van der Waals surface area contributed by atoms with Crippen molar-refractivity contribution < 1.29 is 12.8 Å². The van der Waals surface area contributed by atoms with Gasteiger partial charge in [0, 0.05) is 11.8 Å².